The molecule has 0 spiro atoms. The minimum atomic E-state index is 0.722. The summed E-state index contributed by atoms with van der Waals surface area (Å²) >= 11 is 0. The lowest BCUT2D eigenvalue weighted by Crippen LogP contribution is -2.32. The highest BCUT2D eigenvalue weighted by molar-refractivity contribution is 5.42. The van der Waals surface area contributed by atoms with Crippen molar-refractivity contribution in [1.82, 2.24) is 15.1 Å². The first-order valence-electron chi connectivity index (χ1n) is 6.12. The van der Waals surface area contributed by atoms with E-state index in [-0.39, 0.29) is 0 Å². The van der Waals surface area contributed by atoms with Crippen LogP contribution in [0.1, 0.15) is 5.56 Å². The first-order chi connectivity index (χ1) is 8.81. The fourth-order valence-electron chi connectivity index (χ4n) is 1.99. The zero-order valence-electron chi connectivity index (χ0n) is 10.6. The second-order valence-corrected chi connectivity index (χ2v) is 4.41. The number of rotatable bonds is 6. The standard InChI is InChI=1S/C13H20N4O/c1-14-10-17-9-8-16(11-17)7-6-12-2-4-13(15-18)5-3-12/h2-5,8-9,14-15,18H,6-7,10-11H2,1H3. The first kappa shape index (κ1) is 12.7. The van der Waals surface area contributed by atoms with Gasteiger partial charge in [0.15, 0.2) is 0 Å². The minimum absolute atomic E-state index is 0.722. The van der Waals surface area contributed by atoms with E-state index in [0.29, 0.717) is 0 Å². The van der Waals surface area contributed by atoms with Crippen molar-refractivity contribution in [1.29, 1.82) is 0 Å². The molecule has 3 N–H and O–H groups in total. The van der Waals surface area contributed by atoms with Gasteiger partial charge in [-0.2, -0.15) is 0 Å². The Morgan fingerprint density at radius 3 is 2.56 bits per heavy atom. The van der Waals surface area contributed by atoms with E-state index in [1.54, 1.807) is 0 Å². The SMILES string of the molecule is CNCN1C=CN(CCc2ccc(NO)cc2)C1. The third-order valence-electron chi connectivity index (χ3n) is 2.98. The normalized spacial score (nSPS) is 14.3. The Kier molecular flexibility index (Phi) is 4.44. The molecule has 0 fully saturated rings. The highest BCUT2D eigenvalue weighted by Gasteiger charge is 2.10. The van der Waals surface area contributed by atoms with Crippen LogP contribution in [0.3, 0.4) is 0 Å². The smallest absolute Gasteiger partial charge is 0.0905 e. The molecular formula is C13H20N4O. The molecule has 0 saturated heterocycles. The summed E-state index contributed by atoms with van der Waals surface area (Å²) in [7, 11) is 1.95. The fourth-order valence-corrected chi connectivity index (χ4v) is 1.99. The molecule has 1 aliphatic heterocycles. The maximum Gasteiger partial charge on any atom is 0.0905 e. The van der Waals surface area contributed by atoms with Crippen LogP contribution in [-0.2, 0) is 6.42 Å². The van der Waals surface area contributed by atoms with Crippen LogP contribution < -0.4 is 10.8 Å². The van der Waals surface area contributed by atoms with E-state index in [9.17, 15) is 0 Å². The van der Waals surface area contributed by atoms with Crippen LogP contribution in [-0.4, -0.2) is 41.9 Å². The van der Waals surface area contributed by atoms with E-state index in [4.69, 9.17) is 5.21 Å². The van der Waals surface area contributed by atoms with Crippen molar-refractivity contribution in [2.75, 3.05) is 32.4 Å². The van der Waals surface area contributed by atoms with Crippen LogP contribution >= 0.6 is 0 Å². The molecule has 1 heterocycles. The van der Waals surface area contributed by atoms with Gasteiger partial charge in [-0.3, -0.25) is 10.7 Å². The molecule has 0 aliphatic carbocycles. The minimum Gasteiger partial charge on any atom is -0.358 e. The van der Waals surface area contributed by atoms with Crippen LogP contribution in [0, 0.1) is 0 Å². The molecule has 18 heavy (non-hydrogen) atoms. The van der Waals surface area contributed by atoms with Crippen molar-refractivity contribution >= 4 is 5.69 Å². The number of benzene rings is 1. The van der Waals surface area contributed by atoms with Gasteiger partial charge in [-0.05, 0) is 31.2 Å². The van der Waals surface area contributed by atoms with Crippen molar-refractivity contribution in [2.45, 2.75) is 6.42 Å². The first-order valence-corrected chi connectivity index (χ1v) is 6.12. The maximum absolute atomic E-state index is 8.73. The predicted octanol–water partition coefficient (Wildman–Crippen LogP) is 1.25. The van der Waals surface area contributed by atoms with Crippen LogP contribution in [0.2, 0.25) is 0 Å². The summed E-state index contributed by atoms with van der Waals surface area (Å²) < 4.78 is 0. The van der Waals surface area contributed by atoms with E-state index in [0.717, 1.165) is 32.0 Å². The molecule has 5 nitrogen and oxygen atoms in total. The Bertz CT molecular complexity index is 390. The molecule has 0 atom stereocenters. The Balaban J connectivity index is 1.76. The van der Waals surface area contributed by atoms with E-state index in [2.05, 4.69) is 33.0 Å². The summed E-state index contributed by atoms with van der Waals surface area (Å²) in [5.74, 6) is 0. The van der Waals surface area contributed by atoms with E-state index >= 15 is 0 Å². The summed E-state index contributed by atoms with van der Waals surface area (Å²) in [5.41, 5.74) is 4.13. The van der Waals surface area contributed by atoms with Crippen LogP contribution in [0.25, 0.3) is 0 Å². The lowest BCUT2D eigenvalue weighted by atomic mass is 10.1. The molecule has 2 rings (SSSR count). The molecule has 0 saturated carbocycles. The third-order valence-corrected chi connectivity index (χ3v) is 2.98. The van der Waals surface area contributed by atoms with Crippen LogP contribution in [0.4, 0.5) is 5.69 Å². The summed E-state index contributed by atoms with van der Waals surface area (Å²) in [6, 6.07) is 7.82. The highest BCUT2D eigenvalue weighted by atomic mass is 16.5. The Hall–Kier alpha value is -1.72. The van der Waals surface area contributed by atoms with Crippen molar-refractivity contribution in [2.24, 2.45) is 0 Å². The lowest BCUT2D eigenvalue weighted by molar-refractivity contribution is 0.258. The van der Waals surface area contributed by atoms with Gasteiger partial charge in [0.1, 0.15) is 0 Å². The molecule has 98 valence electrons. The van der Waals surface area contributed by atoms with Crippen molar-refractivity contribution < 1.29 is 5.21 Å². The molecule has 0 unspecified atom stereocenters. The topological polar surface area (TPSA) is 50.8 Å². The van der Waals surface area contributed by atoms with Crippen molar-refractivity contribution in [3.8, 4) is 0 Å². The van der Waals surface area contributed by atoms with Gasteiger partial charge < -0.3 is 15.1 Å². The van der Waals surface area contributed by atoms with E-state index in [1.807, 2.05) is 31.3 Å². The number of nitrogens with zero attached hydrogens (tertiary/aromatic N) is 2. The van der Waals surface area contributed by atoms with Gasteiger partial charge in [-0.1, -0.05) is 12.1 Å². The lowest BCUT2D eigenvalue weighted by Gasteiger charge is -2.20. The van der Waals surface area contributed by atoms with Gasteiger partial charge in [0.2, 0.25) is 0 Å². The van der Waals surface area contributed by atoms with Gasteiger partial charge >= 0.3 is 0 Å². The zero-order valence-corrected chi connectivity index (χ0v) is 10.6. The van der Waals surface area contributed by atoms with E-state index < -0.39 is 0 Å². The zero-order chi connectivity index (χ0) is 12.8. The van der Waals surface area contributed by atoms with Crippen molar-refractivity contribution in [3.05, 3.63) is 42.2 Å². The Labute approximate surface area is 108 Å². The molecule has 1 aromatic rings. The monoisotopic (exact) mass is 248 g/mol. The van der Waals surface area contributed by atoms with Crippen LogP contribution in [0.15, 0.2) is 36.7 Å². The van der Waals surface area contributed by atoms with Gasteiger partial charge in [0, 0.05) is 18.9 Å². The largest absolute Gasteiger partial charge is 0.358 e. The third kappa shape index (κ3) is 3.38. The second-order valence-electron chi connectivity index (χ2n) is 4.41. The average Bonchev–Trinajstić information content (AvgIpc) is 2.85. The van der Waals surface area contributed by atoms with Crippen LogP contribution in [0.5, 0.6) is 0 Å². The summed E-state index contributed by atoms with van der Waals surface area (Å²) in [6.07, 6.45) is 5.24. The number of hydrogen-bond acceptors (Lipinski definition) is 5. The summed E-state index contributed by atoms with van der Waals surface area (Å²) in [4.78, 5) is 4.51. The quantitative estimate of drug-likeness (QED) is 0.662. The second kappa shape index (κ2) is 6.28. The Morgan fingerprint density at radius 1 is 1.17 bits per heavy atom. The van der Waals surface area contributed by atoms with Crippen molar-refractivity contribution in [3.63, 3.8) is 0 Å². The number of nitrogens with one attached hydrogen (secondary N) is 2. The molecule has 5 heteroatoms. The maximum atomic E-state index is 8.73. The molecule has 1 aromatic carbocycles. The number of anilines is 1. The molecule has 0 aromatic heterocycles. The highest BCUT2D eigenvalue weighted by Crippen LogP contribution is 2.11. The molecule has 1 aliphatic rings. The fraction of sp³-hybridized carbons (Fsp3) is 0.385. The van der Waals surface area contributed by atoms with Gasteiger partial charge in [0.05, 0.1) is 19.0 Å². The van der Waals surface area contributed by atoms with Gasteiger partial charge in [-0.15, -0.1) is 0 Å². The molecule has 0 amide bonds. The average molecular weight is 248 g/mol. The molecule has 0 radical (unpaired) electrons. The predicted molar refractivity (Wildman–Crippen MR) is 72.0 cm³/mol. The summed E-state index contributed by atoms with van der Waals surface area (Å²) in [6.45, 7) is 2.82. The van der Waals surface area contributed by atoms with Gasteiger partial charge in [-0.25, -0.2) is 0 Å². The van der Waals surface area contributed by atoms with E-state index in [1.165, 1.54) is 5.56 Å². The van der Waals surface area contributed by atoms with Gasteiger partial charge in [0.25, 0.3) is 0 Å². The number of hydrogen-bond donors (Lipinski definition) is 3. The Morgan fingerprint density at radius 2 is 1.89 bits per heavy atom. The summed E-state index contributed by atoms with van der Waals surface area (Å²) in [5, 5.41) is 11.9. The molecular weight excluding hydrogens is 228 g/mol. The molecule has 0 bridgehead atoms.